The standard InChI is InChI=1S/C7H9N4O2PS/c1-10-2-3-11(14(12,13)15)7(10)6(4-8)5-9/h2-3H2,1H3,(H2,12,13,15). The molecule has 0 aliphatic carbocycles. The smallest absolute Gasteiger partial charge is 0.349 e. The van der Waals surface area contributed by atoms with Crippen LogP contribution < -0.4 is 0 Å². The molecule has 1 unspecified atom stereocenters. The Kier molecular flexibility index (Phi) is 3.31. The molecule has 0 amide bonds. The van der Waals surface area contributed by atoms with Crippen LogP contribution in [0.15, 0.2) is 11.4 Å². The number of hydrogen-bond acceptors (Lipinski definition) is 4. The van der Waals surface area contributed by atoms with Crippen molar-refractivity contribution in [1.29, 1.82) is 10.5 Å². The molecule has 0 aromatic carbocycles. The lowest BCUT2D eigenvalue weighted by Crippen LogP contribution is -2.18. The van der Waals surface area contributed by atoms with Crippen LogP contribution in [0.3, 0.4) is 0 Å². The van der Waals surface area contributed by atoms with Crippen LogP contribution in [-0.2, 0) is 4.57 Å². The molecule has 0 spiro atoms. The minimum absolute atomic E-state index is 0.167. The van der Waals surface area contributed by atoms with Crippen LogP contribution in [0.4, 0.5) is 0 Å². The molecule has 15 heavy (non-hydrogen) atoms. The van der Waals surface area contributed by atoms with Crippen molar-refractivity contribution < 1.29 is 9.46 Å². The average molecular weight is 244 g/mol. The van der Waals surface area contributed by atoms with Crippen molar-refractivity contribution in [3.63, 3.8) is 0 Å². The second-order valence-corrected chi connectivity index (χ2v) is 6.05. The van der Waals surface area contributed by atoms with Gasteiger partial charge in [-0.15, -0.1) is 0 Å². The van der Waals surface area contributed by atoms with E-state index >= 15 is 0 Å². The Bertz CT molecular complexity index is 413. The maximum atomic E-state index is 11.4. The van der Waals surface area contributed by atoms with Gasteiger partial charge in [0.05, 0.1) is 0 Å². The third-order valence-corrected chi connectivity index (χ3v) is 3.68. The molecule has 1 saturated heterocycles. The average Bonchev–Trinajstić information content (AvgIpc) is 2.50. The van der Waals surface area contributed by atoms with Crippen molar-refractivity contribution in [2.45, 2.75) is 0 Å². The predicted octanol–water partition coefficient (Wildman–Crippen LogP) is 0.523. The molecule has 1 N–H and O–H groups in total. The Morgan fingerprint density at radius 2 is 2.07 bits per heavy atom. The maximum absolute atomic E-state index is 11.4. The Labute approximate surface area is 92.7 Å². The summed E-state index contributed by atoms with van der Waals surface area (Å²) in [6.07, 6.45) is 0. The minimum atomic E-state index is -3.76. The molecule has 0 aromatic rings. The fourth-order valence-electron chi connectivity index (χ4n) is 1.35. The van der Waals surface area contributed by atoms with Crippen molar-refractivity contribution in [1.82, 2.24) is 9.57 Å². The van der Waals surface area contributed by atoms with Crippen LogP contribution in [0.1, 0.15) is 0 Å². The molecule has 0 bridgehead atoms. The van der Waals surface area contributed by atoms with Crippen molar-refractivity contribution in [3.05, 3.63) is 11.4 Å². The number of likely N-dealkylation sites (N-methyl/N-ethyl adjacent to an activating group) is 1. The first-order valence-corrected chi connectivity index (χ1v) is 6.77. The summed E-state index contributed by atoms with van der Waals surface area (Å²) in [7, 11) is 1.65. The molecule has 1 aliphatic rings. The summed E-state index contributed by atoms with van der Waals surface area (Å²) in [6, 6.07) is 3.39. The van der Waals surface area contributed by atoms with Crippen molar-refractivity contribution in [3.8, 4) is 12.1 Å². The van der Waals surface area contributed by atoms with Crippen LogP contribution in [0.25, 0.3) is 0 Å². The molecular formula is C7H9N4O2PS. The molecule has 1 heterocycles. The highest BCUT2D eigenvalue weighted by molar-refractivity contribution is 8.45. The van der Waals surface area contributed by atoms with Gasteiger partial charge in [0, 0.05) is 20.1 Å². The van der Waals surface area contributed by atoms with Gasteiger partial charge in [-0.05, 0) is 0 Å². The third kappa shape index (κ3) is 2.27. The molecule has 80 valence electrons. The van der Waals surface area contributed by atoms with Crippen LogP contribution in [0.2, 0.25) is 0 Å². The van der Waals surface area contributed by atoms with Gasteiger partial charge in [-0.25, -0.2) is 0 Å². The molecule has 6 nitrogen and oxygen atoms in total. The van der Waals surface area contributed by atoms with E-state index in [4.69, 9.17) is 10.5 Å². The van der Waals surface area contributed by atoms with Gasteiger partial charge in [-0.1, -0.05) is 12.2 Å². The number of hydrogen-bond donors (Lipinski definition) is 2. The highest BCUT2D eigenvalue weighted by Gasteiger charge is 2.35. The van der Waals surface area contributed by atoms with Crippen molar-refractivity contribution in [2.24, 2.45) is 0 Å². The molecule has 8 heteroatoms. The van der Waals surface area contributed by atoms with Gasteiger partial charge < -0.3 is 9.79 Å². The Hall–Kier alpha value is -1.14. The zero-order chi connectivity index (χ0) is 11.6. The Balaban J connectivity index is 3.27. The second kappa shape index (κ2) is 4.16. The van der Waals surface area contributed by atoms with Gasteiger partial charge >= 0.3 is 6.72 Å². The summed E-state index contributed by atoms with van der Waals surface area (Å²) in [4.78, 5) is 10.9. The van der Waals surface area contributed by atoms with Crippen LogP contribution in [-0.4, -0.2) is 34.6 Å². The van der Waals surface area contributed by atoms with E-state index in [1.165, 1.54) is 0 Å². The third-order valence-electron chi connectivity index (χ3n) is 2.01. The topological polar surface area (TPSA) is 91.4 Å². The highest BCUT2D eigenvalue weighted by Crippen LogP contribution is 2.54. The normalized spacial score (nSPS) is 19.4. The fraction of sp³-hybridized carbons (Fsp3) is 0.429. The molecule has 0 aromatic heterocycles. The molecule has 1 rings (SSSR count). The second-order valence-electron chi connectivity index (χ2n) is 2.98. The number of nitriles is 2. The van der Waals surface area contributed by atoms with Gasteiger partial charge in [-0.3, -0.25) is 9.24 Å². The number of allylic oxidation sites excluding steroid dienone is 1. The van der Waals surface area contributed by atoms with Crippen LogP contribution in [0.5, 0.6) is 0 Å². The monoisotopic (exact) mass is 244 g/mol. The van der Waals surface area contributed by atoms with E-state index in [1.54, 1.807) is 24.1 Å². The van der Waals surface area contributed by atoms with Gasteiger partial charge in [0.25, 0.3) is 0 Å². The largest absolute Gasteiger partial charge is 0.357 e. The number of rotatable bonds is 1. The number of thiol groups is 1. The van der Waals surface area contributed by atoms with Crippen molar-refractivity contribution in [2.75, 3.05) is 20.1 Å². The molecule has 1 fully saturated rings. The minimum Gasteiger partial charge on any atom is -0.357 e. The summed E-state index contributed by atoms with van der Waals surface area (Å²) in [5, 5.41) is 17.4. The fourth-order valence-corrected chi connectivity index (χ4v) is 2.72. The summed E-state index contributed by atoms with van der Waals surface area (Å²) in [5.74, 6) is 0.167. The quantitative estimate of drug-likeness (QED) is 0.397. The summed E-state index contributed by atoms with van der Waals surface area (Å²) in [5.41, 5.74) is -0.182. The lowest BCUT2D eigenvalue weighted by Gasteiger charge is -2.23. The lowest BCUT2D eigenvalue weighted by molar-refractivity contribution is 0.409. The maximum Gasteiger partial charge on any atom is 0.349 e. The van der Waals surface area contributed by atoms with Gasteiger partial charge in [-0.2, -0.15) is 10.5 Å². The van der Waals surface area contributed by atoms with Gasteiger partial charge in [0.1, 0.15) is 18.0 Å². The molecule has 1 atom stereocenters. The van der Waals surface area contributed by atoms with E-state index in [9.17, 15) is 9.46 Å². The summed E-state index contributed by atoms with van der Waals surface area (Å²) < 4.78 is 12.5. The number of nitrogens with zero attached hydrogens (tertiary/aromatic N) is 4. The lowest BCUT2D eigenvalue weighted by atomic mass is 10.3. The van der Waals surface area contributed by atoms with E-state index in [0.29, 0.717) is 6.54 Å². The van der Waals surface area contributed by atoms with Gasteiger partial charge in [0.15, 0.2) is 5.57 Å². The zero-order valence-corrected chi connectivity index (χ0v) is 9.74. The summed E-state index contributed by atoms with van der Waals surface area (Å²) >= 11 is 3.58. The van der Waals surface area contributed by atoms with E-state index in [1.807, 2.05) is 0 Å². The predicted molar refractivity (Wildman–Crippen MR) is 56.4 cm³/mol. The Morgan fingerprint density at radius 3 is 2.47 bits per heavy atom. The molecule has 0 saturated carbocycles. The first kappa shape index (κ1) is 11.9. The van der Waals surface area contributed by atoms with Crippen LogP contribution >= 0.6 is 19.0 Å². The summed E-state index contributed by atoms with van der Waals surface area (Å²) in [6.45, 7) is -3.01. The van der Waals surface area contributed by atoms with Gasteiger partial charge in [0.2, 0.25) is 0 Å². The highest BCUT2D eigenvalue weighted by atomic mass is 32.7. The molecule has 1 aliphatic heterocycles. The van der Waals surface area contributed by atoms with E-state index in [0.717, 1.165) is 4.67 Å². The van der Waals surface area contributed by atoms with E-state index in [2.05, 4.69) is 12.2 Å². The van der Waals surface area contributed by atoms with Crippen LogP contribution in [0, 0.1) is 22.7 Å². The Morgan fingerprint density at radius 1 is 1.53 bits per heavy atom. The van der Waals surface area contributed by atoms with E-state index in [-0.39, 0.29) is 17.9 Å². The molecule has 0 radical (unpaired) electrons. The zero-order valence-electron chi connectivity index (χ0n) is 7.95. The SMILES string of the molecule is CN1CCN(P(=O)(O)S)C1=C(C#N)C#N. The first-order valence-electron chi connectivity index (χ1n) is 4.01. The van der Waals surface area contributed by atoms with E-state index < -0.39 is 6.72 Å². The first-order chi connectivity index (χ1) is 6.91. The molecular weight excluding hydrogens is 235 g/mol. The van der Waals surface area contributed by atoms with Crippen molar-refractivity contribution >= 4 is 19.0 Å².